The predicted octanol–water partition coefficient (Wildman–Crippen LogP) is 1.83. The number of rotatable bonds is 10. The summed E-state index contributed by atoms with van der Waals surface area (Å²) in [5.74, 6) is 1.16. The van der Waals surface area contributed by atoms with Crippen LogP contribution in [0.25, 0.3) is 0 Å². The average Bonchev–Trinajstić information content (AvgIpc) is 2.89. The van der Waals surface area contributed by atoms with Crippen molar-refractivity contribution in [3.05, 3.63) is 83.9 Å². The van der Waals surface area contributed by atoms with Gasteiger partial charge in [0.25, 0.3) is 0 Å². The second-order valence-electron chi connectivity index (χ2n) is 8.57. The molecule has 0 saturated carbocycles. The predicted molar refractivity (Wildman–Crippen MR) is 134 cm³/mol. The molecule has 0 fully saturated rings. The van der Waals surface area contributed by atoms with E-state index in [-0.39, 0.29) is 19.3 Å². The first-order valence-corrected chi connectivity index (χ1v) is 11.5. The molecule has 0 bridgehead atoms. The number of ether oxygens (including phenoxy) is 2. The highest BCUT2D eigenvalue weighted by Crippen LogP contribution is 2.48. The fraction of sp³-hybridized carbons (Fsp3) is 0.269. The molecular formula is C26H28B2O7. The topological polar surface area (TPSA) is 94.5 Å². The highest BCUT2D eigenvalue weighted by Gasteiger charge is 2.46. The molecule has 1 aliphatic rings. The summed E-state index contributed by atoms with van der Waals surface area (Å²) in [6, 6.07) is 21.6. The quantitative estimate of drug-likeness (QED) is 0.342. The molecule has 2 atom stereocenters. The lowest BCUT2D eigenvalue weighted by Gasteiger charge is -2.43. The molecule has 1 aliphatic carbocycles. The van der Waals surface area contributed by atoms with Gasteiger partial charge in [0.2, 0.25) is 0 Å². The minimum atomic E-state index is -1.26. The fourth-order valence-electron chi connectivity index (χ4n) is 4.70. The standard InChI is InChI=1S/C26H28B2O7/c1-32-22-13-14-23(33-2)25-21(22)17-26(15-16-29,35-28(31)20-11-7-4-8-12-20)18-24(25)34-27(30)19-9-5-3-6-10-19/h3-14,16,24,30-31H,15,17-18H2,1-2H3/t24-,26-/m0/s1. The molecule has 0 amide bonds. The van der Waals surface area contributed by atoms with Gasteiger partial charge >= 0.3 is 14.2 Å². The van der Waals surface area contributed by atoms with E-state index >= 15 is 0 Å². The normalized spacial score (nSPS) is 18.9. The maximum atomic E-state index is 11.8. The van der Waals surface area contributed by atoms with Crippen LogP contribution < -0.4 is 20.4 Å². The lowest BCUT2D eigenvalue weighted by atomic mass is 9.71. The van der Waals surface area contributed by atoms with Crippen LogP contribution in [0.1, 0.15) is 30.1 Å². The van der Waals surface area contributed by atoms with Gasteiger partial charge in [0.15, 0.2) is 0 Å². The van der Waals surface area contributed by atoms with E-state index in [9.17, 15) is 14.8 Å². The van der Waals surface area contributed by atoms with Crippen molar-refractivity contribution in [2.45, 2.75) is 31.0 Å². The van der Waals surface area contributed by atoms with Crippen LogP contribution in [0.2, 0.25) is 0 Å². The molecule has 9 heteroatoms. The van der Waals surface area contributed by atoms with E-state index in [4.69, 9.17) is 18.8 Å². The molecule has 0 radical (unpaired) electrons. The Morgan fingerprint density at radius 2 is 1.46 bits per heavy atom. The number of aldehydes is 1. The second kappa shape index (κ2) is 11.1. The number of hydrogen-bond acceptors (Lipinski definition) is 7. The molecule has 0 aliphatic heterocycles. The van der Waals surface area contributed by atoms with Crippen molar-refractivity contribution < 1.29 is 33.6 Å². The molecule has 4 rings (SSSR count). The van der Waals surface area contributed by atoms with Crippen LogP contribution in [-0.4, -0.2) is 50.4 Å². The van der Waals surface area contributed by atoms with Crippen molar-refractivity contribution in [3.8, 4) is 11.5 Å². The Morgan fingerprint density at radius 3 is 2.03 bits per heavy atom. The highest BCUT2D eigenvalue weighted by atomic mass is 16.6. The van der Waals surface area contributed by atoms with Crippen LogP contribution in [0.5, 0.6) is 11.5 Å². The molecule has 0 heterocycles. The number of carbonyl (C=O) groups excluding carboxylic acids is 1. The van der Waals surface area contributed by atoms with Crippen LogP contribution >= 0.6 is 0 Å². The Morgan fingerprint density at radius 1 is 0.886 bits per heavy atom. The van der Waals surface area contributed by atoms with Crippen LogP contribution in [0.3, 0.4) is 0 Å². The van der Waals surface area contributed by atoms with Gasteiger partial charge < -0.3 is 33.6 Å². The minimum absolute atomic E-state index is 0.0119. The summed E-state index contributed by atoms with van der Waals surface area (Å²) < 4.78 is 23.7. The van der Waals surface area contributed by atoms with E-state index in [1.54, 1.807) is 62.8 Å². The summed E-state index contributed by atoms with van der Waals surface area (Å²) in [5, 5.41) is 21.8. The van der Waals surface area contributed by atoms with E-state index in [1.807, 2.05) is 24.3 Å². The van der Waals surface area contributed by atoms with Gasteiger partial charge in [-0.3, -0.25) is 0 Å². The Balaban J connectivity index is 1.76. The van der Waals surface area contributed by atoms with Crippen molar-refractivity contribution in [1.82, 2.24) is 0 Å². The van der Waals surface area contributed by atoms with E-state index < -0.39 is 25.9 Å². The summed E-state index contributed by atoms with van der Waals surface area (Å²) in [6.45, 7) is 0. The minimum Gasteiger partial charge on any atom is -0.496 e. The largest absolute Gasteiger partial charge is 0.496 e. The number of carbonyl (C=O) groups is 1. The number of methoxy groups -OCH3 is 2. The number of fused-ring (bicyclic) bond motifs is 1. The lowest BCUT2D eigenvalue weighted by Crippen LogP contribution is -2.50. The van der Waals surface area contributed by atoms with Crippen molar-refractivity contribution in [2.24, 2.45) is 0 Å². The van der Waals surface area contributed by atoms with Gasteiger partial charge in [-0.2, -0.15) is 0 Å². The third-order valence-electron chi connectivity index (χ3n) is 6.37. The molecule has 2 N–H and O–H groups in total. The first kappa shape index (κ1) is 25.0. The van der Waals surface area contributed by atoms with E-state index in [1.165, 1.54) is 0 Å². The molecular weight excluding hydrogens is 446 g/mol. The van der Waals surface area contributed by atoms with E-state index in [0.717, 1.165) is 17.4 Å². The maximum absolute atomic E-state index is 11.8. The molecule has 0 unspecified atom stereocenters. The Labute approximate surface area is 205 Å². The average molecular weight is 474 g/mol. The Hall–Kier alpha value is -3.10. The van der Waals surface area contributed by atoms with Crippen LogP contribution in [0.15, 0.2) is 72.8 Å². The SMILES string of the molecule is COc1ccc(OC)c2c1C[C@](CC=O)(OB(O)c1ccccc1)C[C@@H]2OB(O)c1ccccc1. The number of hydrogen-bond donors (Lipinski definition) is 2. The zero-order valence-corrected chi connectivity index (χ0v) is 19.8. The van der Waals surface area contributed by atoms with Crippen LogP contribution in [0.4, 0.5) is 0 Å². The third kappa shape index (κ3) is 5.44. The Bertz CT molecular complexity index is 1130. The summed E-state index contributed by atoms with van der Waals surface area (Å²) in [6.07, 6.45) is 0.572. The van der Waals surface area contributed by atoms with E-state index in [0.29, 0.717) is 22.4 Å². The zero-order chi connectivity index (χ0) is 24.8. The summed E-state index contributed by atoms with van der Waals surface area (Å²) in [7, 11) is 0.646. The van der Waals surface area contributed by atoms with Crippen molar-refractivity contribution in [3.63, 3.8) is 0 Å². The van der Waals surface area contributed by atoms with E-state index in [2.05, 4.69) is 0 Å². The third-order valence-corrected chi connectivity index (χ3v) is 6.37. The molecule has 35 heavy (non-hydrogen) atoms. The summed E-state index contributed by atoms with van der Waals surface area (Å²) in [4.78, 5) is 11.8. The zero-order valence-electron chi connectivity index (χ0n) is 19.8. The van der Waals surface area contributed by atoms with Crippen LogP contribution in [-0.2, 0) is 20.5 Å². The second-order valence-corrected chi connectivity index (χ2v) is 8.57. The van der Waals surface area contributed by atoms with Crippen LogP contribution in [0, 0.1) is 0 Å². The van der Waals surface area contributed by atoms with Gasteiger partial charge in [-0.15, -0.1) is 0 Å². The van der Waals surface area contributed by atoms with Gasteiger partial charge in [0, 0.05) is 30.4 Å². The molecule has 180 valence electrons. The Kier molecular flexibility index (Phi) is 7.93. The van der Waals surface area contributed by atoms with Gasteiger partial charge in [-0.05, 0) is 23.1 Å². The smallest absolute Gasteiger partial charge is 0.491 e. The molecule has 7 nitrogen and oxygen atoms in total. The lowest BCUT2D eigenvalue weighted by molar-refractivity contribution is -0.113. The van der Waals surface area contributed by atoms with Gasteiger partial charge in [-0.1, -0.05) is 60.7 Å². The fourth-order valence-corrected chi connectivity index (χ4v) is 4.70. The van der Waals surface area contributed by atoms with Crippen molar-refractivity contribution in [1.29, 1.82) is 0 Å². The molecule has 0 saturated heterocycles. The van der Waals surface area contributed by atoms with Gasteiger partial charge in [0.05, 0.1) is 25.9 Å². The summed E-state index contributed by atoms with van der Waals surface area (Å²) in [5.41, 5.74) is 1.52. The van der Waals surface area contributed by atoms with Crippen molar-refractivity contribution >= 4 is 31.4 Å². The highest BCUT2D eigenvalue weighted by molar-refractivity contribution is 6.60. The molecule has 0 spiro atoms. The molecule has 0 aromatic heterocycles. The molecule has 3 aromatic carbocycles. The maximum Gasteiger partial charge on any atom is 0.491 e. The van der Waals surface area contributed by atoms with Crippen molar-refractivity contribution in [2.75, 3.05) is 14.2 Å². The first-order chi connectivity index (χ1) is 17.0. The molecule has 3 aromatic rings. The first-order valence-electron chi connectivity index (χ1n) is 11.5. The van der Waals surface area contributed by atoms with Gasteiger partial charge in [0.1, 0.15) is 17.8 Å². The number of benzene rings is 3. The van der Waals surface area contributed by atoms with Gasteiger partial charge in [-0.25, -0.2) is 0 Å². The monoisotopic (exact) mass is 474 g/mol. The summed E-state index contributed by atoms with van der Waals surface area (Å²) >= 11 is 0.